The molecule has 1 saturated carbocycles. The van der Waals surface area contributed by atoms with Crippen LogP contribution in [0.1, 0.15) is 81.6 Å². The summed E-state index contributed by atoms with van der Waals surface area (Å²) in [5, 5.41) is 5.95. The minimum absolute atomic E-state index is 0.00164. The maximum Gasteiger partial charge on any atom is 0.421 e. The van der Waals surface area contributed by atoms with Crippen LogP contribution in [0.25, 0.3) is 0 Å². The van der Waals surface area contributed by atoms with Gasteiger partial charge in [-0.15, -0.1) is 0 Å². The van der Waals surface area contributed by atoms with E-state index in [1.54, 1.807) is 4.90 Å². The fourth-order valence-electron chi connectivity index (χ4n) is 4.87. The van der Waals surface area contributed by atoms with Crippen molar-refractivity contribution in [2.75, 3.05) is 10.6 Å². The SMILES string of the molecule is CC(C)(C)OC(=O)N1C2CCC1c1cc(Nc3ncc(C(F)(F)F)c(NC4CCC4)n3)ccc12. The van der Waals surface area contributed by atoms with E-state index in [9.17, 15) is 18.0 Å². The lowest BCUT2D eigenvalue weighted by atomic mass is 9.91. The summed E-state index contributed by atoms with van der Waals surface area (Å²) in [5.74, 6) is -0.118. The van der Waals surface area contributed by atoms with Crippen molar-refractivity contribution >= 4 is 23.5 Å². The van der Waals surface area contributed by atoms with Gasteiger partial charge in [0.15, 0.2) is 0 Å². The van der Waals surface area contributed by atoms with Gasteiger partial charge in [-0.25, -0.2) is 9.78 Å². The fourth-order valence-corrected chi connectivity index (χ4v) is 4.87. The second-order valence-corrected chi connectivity index (χ2v) is 10.2. The van der Waals surface area contributed by atoms with Crippen molar-refractivity contribution in [3.8, 4) is 0 Å². The van der Waals surface area contributed by atoms with E-state index in [1.807, 2.05) is 39.0 Å². The molecule has 3 heterocycles. The molecular formula is C24H28F3N5O2. The van der Waals surface area contributed by atoms with E-state index >= 15 is 0 Å². The van der Waals surface area contributed by atoms with Gasteiger partial charge in [0, 0.05) is 17.9 Å². The van der Waals surface area contributed by atoms with Gasteiger partial charge >= 0.3 is 12.3 Å². The van der Waals surface area contributed by atoms with Crippen molar-refractivity contribution in [1.29, 1.82) is 0 Å². The smallest absolute Gasteiger partial charge is 0.421 e. The largest absolute Gasteiger partial charge is 0.444 e. The number of benzene rings is 1. The molecule has 182 valence electrons. The number of fused-ring (bicyclic) bond motifs is 5. The first kappa shape index (κ1) is 22.7. The number of halogens is 3. The molecule has 7 nitrogen and oxygen atoms in total. The molecule has 2 N–H and O–H groups in total. The van der Waals surface area contributed by atoms with Crippen LogP contribution in [0.4, 0.5) is 35.4 Å². The molecular weight excluding hydrogens is 447 g/mol. The summed E-state index contributed by atoms with van der Waals surface area (Å²) in [7, 11) is 0. The average Bonchev–Trinajstić information content (AvgIpc) is 3.26. The lowest BCUT2D eigenvalue weighted by Crippen LogP contribution is -2.34. The molecule has 10 heteroatoms. The van der Waals surface area contributed by atoms with Crippen LogP contribution in [0.3, 0.4) is 0 Å². The van der Waals surface area contributed by atoms with Gasteiger partial charge in [-0.3, -0.25) is 4.90 Å². The number of carbonyl (C=O) groups excluding carboxylic acids is 1. The van der Waals surface area contributed by atoms with Crippen molar-refractivity contribution in [3.63, 3.8) is 0 Å². The second-order valence-electron chi connectivity index (χ2n) is 10.2. The molecule has 0 spiro atoms. The molecule has 1 aromatic heterocycles. The topological polar surface area (TPSA) is 79.4 Å². The maximum atomic E-state index is 13.4. The highest BCUT2D eigenvalue weighted by Crippen LogP contribution is 2.54. The number of carbonyl (C=O) groups is 1. The predicted molar refractivity (Wildman–Crippen MR) is 121 cm³/mol. The van der Waals surface area contributed by atoms with Crippen LogP contribution in [-0.4, -0.2) is 32.6 Å². The van der Waals surface area contributed by atoms with Crippen molar-refractivity contribution in [3.05, 3.63) is 41.1 Å². The van der Waals surface area contributed by atoms with Gasteiger partial charge in [0.05, 0.1) is 12.1 Å². The van der Waals surface area contributed by atoms with Crippen LogP contribution >= 0.6 is 0 Å². The highest BCUT2D eigenvalue weighted by atomic mass is 19.4. The van der Waals surface area contributed by atoms with E-state index in [0.29, 0.717) is 5.69 Å². The Kier molecular flexibility index (Phi) is 5.37. The number of rotatable bonds is 4. The lowest BCUT2D eigenvalue weighted by Gasteiger charge is -2.28. The standard InChI is InChI=1S/C24H28F3N5O2/c1-23(2,3)34-22(33)32-18-9-10-19(32)16-11-14(7-8-15(16)18)30-21-28-12-17(24(25,26)27)20(31-21)29-13-5-4-6-13/h7-8,11-13,18-19H,4-6,9-10H2,1-3H3,(H2,28,29,30,31). The third-order valence-corrected chi connectivity index (χ3v) is 6.59. The molecule has 2 aliphatic heterocycles. The number of hydrogen-bond acceptors (Lipinski definition) is 6. The van der Waals surface area contributed by atoms with E-state index in [0.717, 1.165) is 49.4 Å². The highest BCUT2D eigenvalue weighted by molar-refractivity contribution is 5.73. The molecule has 0 radical (unpaired) electrons. The van der Waals surface area contributed by atoms with Gasteiger partial charge in [0.2, 0.25) is 5.95 Å². The Hall–Kier alpha value is -3.04. The molecule has 34 heavy (non-hydrogen) atoms. The summed E-state index contributed by atoms with van der Waals surface area (Å²) in [6, 6.07) is 5.61. The third kappa shape index (κ3) is 4.25. The van der Waals surface area contributed by atoms with E-state index in [2.05, 4.69) is 20.6 Å². The molecule has 2 atom stereocenters. The van der Waals surface area contributed by atoms with E-state index in [1.165, 1.54) is 0 Å². The number of nitrogens with one attached hydrogen (secondary N) is 2. The number of hydrogen-bond donors (Lipinski definition) is 2. The quantitative estimate of drug-likeness (QED) is 0.538. The summed E-state index contributed by atoms with van der Waals surface area (Å²) >= 11 is 0. The Bertz CT molecular complexity index is 1110. The molecule has 2 bridgehead atoms. The highest BCUT2D eigenvalue weighted by Gasteiger charge is 2.48. The zero-order valence-corrected chi connectivity index (χ0v) is 19.4. The molecule has 1 aromatic carbocycles. The number of anilines is 3. The predicted octanol–water partition coefficient (Wildman–Crippen LogP) is 6.33. The number of alkyl halides is 3. The fraction of sp³-hybridized carbons (Fsp3) is 0.542. The molecule has 2 fully saturated rings. The molecule has 1 amide bonds. The summed E-state index contributed by atoms with van der Waals surface area (Å²) in [6.07, 6.45) is 0.306. The Morgan fingerprint density at radius 2 is 1.79 bits per heavy atom. The maximum absolute atomic E-state index is 13.4. The molecule has 2 aromatic rings. The van der Waals surface area contributed by atoms with Crippen LogP contribution in [-0.2, 0) is 10.9 Å². The normalized spacial score (nSPS) is 21.8. The number of amides is 1. The molecule has 1 aliphatic carbocycles. The van der Waals surface area contributed by atoms with E-state index in [4.69, 9.17) is 4.74 Å². The van der Waals surface area contributed by atoms with Crippen molar-refractivity contribution < 1.29 is 22.7 Å². The number of ether oxygens (including phenoxy) is 1. The first-order chi connectivity index (χ1) is 16.0. The van der Waals surface area contributed by atoms with E-state index < -0.39 is 17.3 Å². The number of nitrogens with zero attached hydrogens (tertiary/aromatic N) is 3. The minimum atomic E-state index is -4.54. The zero-order chi connectivity index (χ0) is 24.3. The van der Waals surface area contributed by atoms with Gasteiger partial charge in [-0.2, -0.15) is 18.2 Å². The van der Waals surface area contributed by atoms with Crippen LogP contribution in [0.15, 0.2) is 24.4 Å². The number of aromatic nitrogens is 2. The van der Waals surface area contributed by atoms with Crippen LogP contribution in [0.5, 0.6) is 0 Å². The van der Waals surface area contributed by atoms with Crippen molar-refractivity contribution in [2.24, 2.45) is 0 Å². The average molecular weight is 476 g/mol. The van der Waals surface area contributed by atoms with Crippen LogP contribution in [0.2, 0.25) is 0 Å². The van der Waals surface area contributed by atoms with Crippen molar-refractivity contribution in [1.82, 2.24) is 14.9 Å². The Labute approximate surface area is 196 Å². The Morgan fingerprint density at radius 1 is 1.09 bits per heavy atom. The summed E-state index contributed by atoms with van der Waals surface area (Å²) in [6.45, 7) is 5.53. The summed E-state index contributed by atoms with van der Waals surface area (Å²) < 4.78 is 45.9. The third-order valence-electron chi connectivity index (χ3n) is 6.59. The van der Waals surface area contributed by atoms with E-state index in [-0.39, 0.29) is 36.0 Å². The molecule has 2 unspecified atom stereocenters. The lowest BCUT2D eigenvalue weighted by molar-refractivity contribution is -0.137. The molecule has 5 rings (SSSR count). The van der Waals surface area contributed by atoms with Crippen LogP contribution < -0.4 is 10.6 Å². The monoisotopic (exact) mass is 475 g/mol. The first-order valence-corrected chi connectivity index (χ1v) is 11.6. The zero-order valence-electron chi connectivity index (χ0n) is 19.4. The van der Waals surface area contributed by atoms with Gasteiger partial charge in [0.25, 0.3) is 0 Å². The van der Waals surface area contributed by atoms with Gasteiger partial charge in [-0.1, -0.05) is 6.07 Å². The first-order valence-electron chi connectivity index (χ1n) is 11.6. The summed E-state index contributed by atoms with van der Waals surface area (Å²) in [5.41, 5.74) is 1.30. The van der Waals surface area contributed by atoms with Gasteiger partial charge in [0.1, 0.15) is 17.0 Å². The molecule has 3 aliphatic rings. The van der Waals surface area contributed by atoms with Gasteiger partial charge < -0.3 is 15.4 Å². The van der Waals surface area contributed by atoms with Crippen molar-refractivity contribution in [2.45, 2.75) is 82.8 Å². The molecule has 1 saturated heterocycles. The van der Waals surface area contributed by atoms with Gasteiger partial charge in [-0.05, 0) is 76.1 Å². The van der Waals surface area contributed by atoms with Crippen LogP contribution in [0, 0.1) is 0 Å². The summed E-state index contributed by atoms with van der Waals surface area (Å²) in [4.78, 5) is 22.7. The minimum Gasteiger partial charge on any atom is -0.444 e. The Morgan fingerprint density at radius 3 is 2.41 bits per heavy atom. The second kappa shape index (κ2) is 8.02. The Balaban J connectivity index is 1.38.